The number of para-hydroxylation sites is 1. The Morgan fingerprint density at radius 2 is 1.83 bits per heavy atom. The van der Waals surface area contributed by atoms with Crippen LogP contribution in [0.1, 0.15) is 37.0 Å². The third-order valence-corrected chi connectivity index (χ3v) is 7.96. The Hall–Kier alpha value is -3.99. The first-order chi connectivity index (χ1) is 17.1. The van der Waals surface area contributed by atoms with E-state index in [1.54, 1.807) is 38.1 Å². The van der Waals surface area contributed by atoms with Gasteiger partial charge in [-0.05, 0) is 51.0 Å². The number of nitrogens with zero attached hydrogens (tertiary/aromatic N) is 2. The quantitative estimate of drug-likeness (QED) is 0.396. The summed E-state index contributed by atoms with van der Waals surface area (Å²) in [6.07, 6.45) is 4.32. The number of nitrogens with one attached hydrogen (secondary N) is 2. The molecule has 0 unspecified atom stereocenters. The van der Waals surface area contributed by atoms with Crippen LogP contribution in [0.25, 0.3) is 11.3 Å². The highest BCUT2D eigenvalue weighted by Gasteiger charge is 2.30. The van der Waals surface area contributed by atoms with Gasteiger partial charge in [0.1, 0.15) is 5.82 Å². The molecule has 1 saturated carbocycles. The highest BCUT2D eigenvalue weighted by atomic mass is 32.2. The second-order valence-electron chi connectivity index (χ2n) is 8.73. The maximum absolute atomic E-state index is 12.4. The van der Waals surface area contributed by atoms with Crippen molar-refractivity contribution in [1.29, 1.82) is 0 Å². The molecule has 4 N–H and O–H groups in total. The van der Waals surface area contributed by atoms with Crippen molar-refractivity contribution in [3.8, 4) is 17.0 Å². The predicted octanol–water partition coefficient (Wildman–Crippen LogP) is 3.53. The van der Waals surface area contributed by atoms with Crippen LogP contribution >= 0.6 is 0 Å². The van der Waals surface area contributed by atoms with Gasteiger partial charge in [0, 0.05) is 29.9 Å². The summed E-state index contributed by atoms with van der Waals surface area (Å²) in [5.74, 6) is -0.110. The summed E-state index contributed by atoms with van der Waals surface area (Å²) in [4.78, 5) is 32.8. The lowest BCUT2D eigenvalue weighted by Crippen LogP contribution is -2.17. The number of sulfone groups is 1. The summed E-state index contributed by atoms with van der Waals surface area (Å²) < 4.78 is 30.5. The summed E-state index contributed by atoms with van der Waals surface area (Å²) >= 11 is 0. The van der Waals surface area contributed by atoms with Crippen LogP contribution in [0.4, 0.5) is 17.2 Å². The number of hydrogen-bond acceptors (Lipinski definition) is 8. The second-order valence-corrected chi connectivity index (χ2v) is 11.2. The topological polar surface area (TPSA) is 153 Å². The summed E-state index contributed by atoms with van der Waals surface area (Å²) in [6, 6.07) is 9.96. The van der Waals surface area contributed by atoms with E-state index in [1.807, 2.05) is 0 Å². The van der Waals surface area contributed by atoms with Crippen LogP contribution in [-0.2, 0) is 14.6 Å². The Labute approximate surface area is 209 Å². The molecule has 1 fully saturated rings. The van der Waals surface area contributed by atoms with E-state index in [2.05, 4.69) is 20.6 Å². The Morgan fingerprint density at radius 1 is 1.08 bits per heavy atom. The number of hydrogen-bond donors (Lipinski definition) is 3. The molecule has 0 radical (unpaired) electrons. The molecule has 2 heterocycles. The summed E-state index contributed by atoms with van der Waals surface area (Å²) in [7, 11) is -1.96. The molecule has 0 bridgehead atoms. The number of methoxy groups -OCH3 is 1. The van der Waals surface area contributed by atoms with Crippen molar-refractivity contribution in [2.24, 2.45) is 11.7 Å². The van der Waals surface area contributed by atoms with Gasteiger partial charge in [-0.15, -0.1) is 0 Å². The van der Waals surface area contributed by atoms with Crippen LogP contribution in [0.15, 0.2) is 53.7 Å². The molecule has 0 atom stereocenters. The minimum Gasteiger partial charge on any atom is -0.494 e. The number of benzene rings is 1. The molecule has 11 heteroatoms. The summed E-state index contributed by atoms with van der Waals surface area (Å²) in [5, 5.41) is 5.34. The number of ether oxygens (including phenoxy) is 1. The number of aromatic nitrogens is 2. The van der Waals surface area contributed by atoms with Gasteiger partial charge in [0.05, 0.1) is 39.9 Å². The monoisotopic (exact) mass is 509 g/mol. The van der Waals surface area contributed by atoms with Crippen molar-refractivity contribution < 1.29 is 22.7 Å². The minimum absolute atomic E-state index is 0.00906. The number of primary amides is 1. The second kappa shape index (κ2) is 9.94. The van der Waals surface area contributed by atoms with E-state index in [1.165, 1.54) is 31.6 Å². The highest BCUT2D eigenvalue weighted by Crippen LogP contribution is 2.38. The molecule has 2 aromatic heterocycles. The van der Waals surface area contributed by atoms with Crippen LogP contribution < -0.4 is 21.1 Å². The van der Waals surface area contributed by atoms with E-state index in [0.29, 0.717) is 28.4 Å². The van der Waals surface area contributed by atoms with Gasteiger partial charge in [-0.2, -0.15) is 0 Å². The number of anilines is 3. The first-order valence-electron chi connectivity index (χ1n) is 11.4. The number of carbonyl (C=O) groups is 2. The zero-order chi connectivity index (χ0) is 26.0. The van der Waals surface area contributed by atoms with Gasteiger partial charge in [0.2, 0.25) is 5.91 Å². The van der Waals surface area contributed by atoms with Gasteiger partial charge in [-0.25, -0.2) is 13.4 Å². The third kappa shape index (κ3) is 5.15. The Kier molecular flexibility index (Phi) is 6.93. The lowest BCUT2D eigenvalue weighted by atomic mass is 10.1. The minimum atomic E-state index is -3.45. The van der Waals surface area contributed by atoms with Crippen molar-refractivity contribution in [2.75, 3.05) is 17.7 Å². The number of nitrogens with two attached hydrogens (primary N) is 1. The number of amides is 2. The lowest BCUT2D eigenvalue weighted by Gasteiger charge is -2.17. The molecule has 0 spiro atoms. The normalized spacial score (nSPS) is 13.3. The van der Waals surface area contributed by atoms with Crippen molar-refractivity contribution in [1.82, 2.24) is 9.97 Å². The smallest absolute Gasteiger partial charge is 0.252 e. The Balaban J connectivity index is 1.69. The fourth-order valence-corrected chi connectivity index (χ4v) is 4.58. The van der Waals surface area contributed by atoms with Crippen molar-refractivity contribution in [3.05, 3.63) is 54.4 Å². The zero-order valence-corrected chi connectivity index (χ0v) is 20.9. The standard InChI is InChI=1S/C25H27N5O5S/c1-14(2)36(33,34)16-9-10-19(27-12-16)17-5-4-6-20(23(17)35-3)29-21-11-22(28-13-18(21)24(26)31)30-25(32)15-7-8-15/h4-6,9-15H,7-8H2,1-3H3,(H2,26,31)(H2,28,29,30,32). The molecule has 0 aliphatic heterocycles. The van der Waals surface area contributed by atoms with Crippen molar-refractivity contribution >= 4 is 38.8 Å². The molecule has 1 aromatic carbocycles. The lowest BCUT2D eigenvalue weighted by molar-refractivity contribution is -0.117. The average Bonchev–Trinajstić information content (AvgIpc) is 3.69. The molecule has 4 rings (SSSR count). The largest absolute Gasteiger partial charge is 0.494 e. The van der Waals surface area contributed by atoms with E-state index in [4.69, 9.17) is 10.5 Å². The fraction of sp³-hybridized carbons (Fsp3) is 0.280. The van der Waals surface area contributed by atoms with Crippen molar-refractivity contribution in [3.63, 3.8) is 0 Å². The molecule has 188 valence electrons. The van der Waals surface area contributed by atoms with Gasteiger partial charge < -0.3 is 21.1 Å². The number of carbonyl (C=O) groups excluding carboxylic acids is 2. The molecule has 3 aromatic rings. The average molecular weight is 510 g/mol. The van der Waals surface area contributed by atoms with E-state index in [-0.39, 0.29) is 28.1 Å². The highest BCUT2D eigenvalue weighted by molar-refractivity contribution is 7.92. The Bertz CT molecular complexity index is 1420. The van der Waals surface area contributed by atoms with Gasteiger partial charge >= 0.3 is 0 Å². The molecular weight excluding hydrogens is 482 g/mol. The maximum atomic E-state index is 12.4. The Morgan fingerprint density at radius 3 is 2.42 bits per heavy atom. The zero-order valence-electron chi connectivity index (χ0n) is 20.1. The molecule has 0 saturated heterocycles. The van der Waals surface area contributed by atoms with Gasteiger partial charge in [0.25, 0.3) is 5.91 Å². The molecule has 2 amide bonds. The third-order valence-electron chi connectivity index (χ3n) is 5.82. The van der Waals surface area contributed by atoms with E-state index >= 15 is 0 Å². The van der Waals surface area contributed by atoms with Gasteiger partial charge in [0.15, 0.2) is 15.6 Å². The first kappa shape index (κ1) is 25.1. The van der Waals surface area contributed by atoms with Crippen molar-refractivity contribution in [2.45, 2.75) is 36.8 Å². The molecular formula is C25H27N5O5S. The molecule has 36 heavy (non-hydrogen) atoms. The predicted molar refractivity (Wildman–Crippen MR) is 136 cm³/mol. The summed E-state index contributed by atoms with van der Waals surface area (Å²) in [6.45, 7) is 3.23. The number of rotatable bonds is 9. The first-order valence-corrected chi connectivity index (χ1v) is 12.9. The summed E-state index contributed by atoms with van der Waals surface area (Å²) in [5.41, 5.74) is 7.62. The van der Waals surface area contributed by atoms with E-state index in [9.17, 15) is 18.0 Å². The van der Waals surface area contributed by atoms with Gasteiger partial charge in [-0.3, -0.25) is 14.6 Å². The van der Waals surface area contributed by atoms with Crippen LogP contribution in [0.5, 0.6) is 5.75 Å². The molecule has 10 nitrogen and oxygen atoms in total. The van der Waals surface area contributed by atoms with Crippen LogP contribution in [0.3, 0.4) is 0 Å². The maximum Gasteiger partial charge on any atom is 0.252 e. The van der Waals surface area contributed by atoms with Crippen LogP contribution in [-0.4, -0.2) is 42.6 Å². The number of pyridine rings is 2. The van der Waals surface area contributed by atoms with Gasteiger partial charge in [-0.1, -0.05) is 6.07 Å². The van der Waals surface area contributed by atoms with E-state index in [0.717, 1.165) is 12.8 Å². The van der Waals surface area contributed by atoms with Crippen LogP contribution in [0.2, 0.25) is 0 Å². The van der Waals surface area contributed by atoms with Crippen LogP contribution in [0, 0.1) is 5.92 Å². The molecule has 1 aliphatic carbocycles. The van der Waals surface area contributed by atoms with E-state index < -0.39 is 21.0 Å². The molecule has 1 aliphatic rings. The fourth-order valence-electron chi connectivity index (χ4n) is 3.58. The SMILES string of the molecule is COc1c(Nc2cc(NC(=O)C3CC3)ncc2C(N)=O)cccc1-c1ccc(S(=O)(=O)C(C)C)cn1.